The molecule has 3 heterocycles. The van der Waals surface area contributed by atoms with Gasteiger partial charge in [-0.3, -0.25) is 4.79 Å². The SMILES string of the molecule is C[C@@H]1CCN(C(=O)CSc2nnnn2C[C@H]2CCCO2)c2ccccc2S1. The van der Waals surface area contributed by atoms with Crippen molar-refractivity contribution in [1.82, 2.24) is 20.2 Å². The van der Waals surface area contributed by atoms with Crippen LogP contribution in [0.15, 0.2) is 34.3 Å². The monoisotopic (exact) mass is 405 g/mol. The molecule has 1 fully saturated rings. The first kappa shape index (κ1) is 18.8. The van der Waals surface area contributed by atoms with E-state index in [0.29, 0.717) is 22.7 Å². The Morgan fingerprint density at radius 1 is 1.37 bits per heavy atom. The van der Waals surface area contributed by atoms with Gasteiger partial charge in [0.25, 0.3) is 0 Å². The third-order valence-electron chi connectivity index (χ3n) is 4.77. The van der Waals surface area contributed by atoms with Crippen molar-refractivity contribution in [3.8, 4) is 0 Å². The molecular formula is C18H23N5O2S2. The van der Waals surface area contributed by atoms with Crippen LogP contribution in [-0.2, 0) is 16.1 Å². The Hall–Kier alpha value is -1.58. The summed E-state index contributed by atoms with van der Waals surface area (Å²) in [4.78, 5) is 16.0. The van der Waals surface area contributed by atoms with E-state index < -0.39 is 0 Å². The fourth-order valence-electron chi connectivity index (χ4n) is 3.35. The number of tetrazole rings is 1. The van der Waals surface area contributed by atoms with Gasteiger partial charge in [0.15, 0.2) is 0 Å². The van der Waals surface area contributed by atoms with Crippen molar-refractivity contribution in [2.24, 2.45) is 0 Å². The molecule has 0 N–H and O–H groups in total. The largest absolute Gasteiger partial charge is 0.376 e. The Kier molecular flexibility index (Phi) is 5.99. The van der Waals surface area contributed by atoms with Crippen molar-refractivity contribution in [1.29, 1.82) is 0 Å². The van der Waals surface area contributed by atoms with Crippen LogP contribution in [-0.4, -0.2) is 56.4 Å². The molecule has 1 aromatic carbocycles. The van der Waals surface area contributed by atoms with Crippen LogP contribution in [0.5, 0.6) is 0 Å². The second-order valence-corrected chi connectivity index (χ2v) is 9.22. The zero-order valence-corrected chi connectivity index (χ0v) is 16.9. The molecule has 2 aliphatic rings. The number of amides is 1. The highest BCUT2D eigenvalue weighted by molar-refractivity contribution is 8.00. The minimum Gasteiger partial charge on any atom is -0.376 e. The van der Waals surface area contributed by atoms with E-state index in [1.807, 2.05) is 34.9 Å². The number of hydrogen-bond acceptors (Lipinski definition) is 7. The Labute approximate surface area is 167 Å². The van der Waals surface area contributed by atoms with Crippen molar-refractivity contribution in [3.63, 3.8) is 0 Å². The normalized spacial score (nSPS) is 22.5. The number of rotatable bonds is 5. The first-order valence-electron chi connectivity index (χ1n) is 9.27. The second kappa shape index (κ2) is 8.62. The average molecular weight is 406 g/mol. The number of para-hydroxylation sites is 1. The summed E-state index contributed by atoms with van der Waals surface area (Å²) in [5.41, 5.74) is 1.01. The van der Waals surface area contributed by atoms with E-state index in [0.717, 1.165) is 38.1 Å². The number of carbonyl (C=O) groups is 1. The second-order valence-electron chi connectivity index (χ2n) is 6.80. The van der Waals surface area contributed by atoms with Crippen LogP contribution in [0, 0.1) is 0 Å². The number of benzene rings is 1. The summed E-state index contributed by atoms with van der Waals surface area (Å²) in [6.45, 7) is 4.40. The summed E-state index contributed by atoms with van der Waals surface area (Å²) in [5, 5.41) is 13.1. The number of fused-ring (bicyclic) bond motifs is 1. The van der Waals surface area contributed by atoms with E-state index in [4.69, 9.17) is 4.74 Å². The van der Waals surface area contributed by atoms with Gasteiger partial charge >= 0.3 is 0 Å². The quantitative estimate of drug-likeness (QED) is 0.708. The Balaban J connectivity index is 1.42. The van der Waals surface area contributed by atoms with Crippen LogP contribution in [0.2, 0.25) is 0 Å². The van der Waals surface area contributed by atoms with Crippen molar-refractivity contribution in [3.05, 3.63) is 24.3 Å². The van der Waals surface area contributed by atoms with Crippen LogP contribution in [0.1, 0.15) is 26.2 Å². The van der Waals surface area contributed by atoms with Gasteiger partial charge in [0.1, 0.15) is 0 Å². The predicted octanol–water partition coefficient (Wildman–Crippen LogP) is 2.86. The molecule has 0 radical (unpaired) electrons. The molecule has 1 saturated heterocycles. The molecule has 144 valence electrons. The molecule has 0 unspecified atom stereocenters. The van der Waals surface area contributed by atoms with Crippen molar-refractivity contribution in [2.45, 2.75) is 54.1 Å². The summed E-state index contributed by atoms with van der Waals surface area (Å²) in [5.74, 6) is 0.410. The third-order valence-corrected chi connectivity index (χ3v) is 6.95. The van der Waals surface area contributed by atoms with Gasteiger partial charge in [0, 0.05) is 23.3 Å². The van der Waals surface area contributed by atoms with Gasteiger partial charge < -0.3 is 9.64 Å². The van der Waals surface area contributed by atoms with Crippen LogP contribution < -0.4 is 4.90 Å². The summed E-state index contributed by atoms with van der Waals surface area (Å²) < 4.78 is 7.41. The van der Waals surface area contributed by atoms with Crippen molar-refractivity contribution < 1.29 is 9.53 Å². The van der Waals surface area contributed by atoms with Gasteiger partial charge in [-0.05, 0) is 41.8 Å². The maximum atomic E-state index is 13.0. The Morgan fingerprint density at radius 2 is 2.26 bits per heavy atom. The first-order chi connectivity index (χ1) is 13.2. The highest BCUT2D eigenvalue weighted by Gasteiger charge is 2.25. The highest BCUT2D eigenvalue weighted by Crippen LogP contribution is 2.37. The average Bonchev–Trinajstić information content (AvgIpc) is 3.30. The van der Waals surface area contributed by atoms with Crippen LogP contribution in [0.4, 0.5) is 5.69 Å². The van der Waals surface area contributed by atoms with Gasteiger partial charge in [-0.15, -0.1) is 16.9 Å². The lowest BCUT2D eigenvalue weighted by Gasteiger charge is -2.22. The van der Waals surface area contributed by atoms with Crippen LogP contribution in [0.25, 0.3) is 0 Å². The number of aromatic nitrogens is 4. The number of thioether (sulfide) groups is 2. The predicted molar refractivity (Wildman–Crippen MR) is 106 cm³/mol. The van der Waals surface area contributed by atoms with Gasteiger partial charge in [0.2, 0.25) is 11.1 Å². The number of carbonyl (C=O) groups excluding carboxylic acids is 1. The summed E-state index contributed by atoms with van der Waals surface area (Å²) in [6.07, 6.45) is 3.26. The number of hydrogen-bond donors (Lipinski definition) is 0. The Morgan fingerprint density at radius 3 is 3.11 bits per heavy atom. The maximum Gasteiger partial charge on any atom is 0.237 e. The molecular weight excluding hydrogens is 382 g/mol. The molecule has 27 heavy (non-hydrogen) atoms. The minimum atomic E-state index is 0.0915. The van der Waals surface area contributed by atoms with E-state index in [9.17, 15) is 4.79 Å². The molecule has 0 saturated carbocycles. The maximum absolute atomic E-state index is 13.0. The number of anilines is 1. The number of ether oxygens (including phenoxy) is 1. The van der Waals surface area contributed by atoms with Gasteiger partial charge in [0.05, 0.1) is 24.1 Å². The van der Waals surface area contributed by atoms with Crippen LogP contribution in [0.3, 0.4) is 0 Å². The molecule has 0 bridgehead atoms. The molecule has 2 atom stereocenters. The van der Waals surface area contributed by atoms with E-state index in [1.165, 1.54) is 16.7 Å². The molecule has 2 aliphatic heterocycles. The number of nitrogens with zero attached hydrogens (tertiary/aromatic N) is 5. The summed E-state index contributed by atoms with van der Waals surface area (Å²) >= 11 is 3.23. The lowest BCUT2D eigenvalue weighted by Crippen LogP contribution is -2.33. The topological polar surface area (TPSA) is 73.1 Å². The summed E-state index contributed by atoms with van der Waals surface area (Å²) in [6, 6.07) is 8.15. The van der Waals surface area contributed by atoms with Crippen LogP contribution >= 0.6 is 23.5 Å². The van der Waals surface area contributed by atoms with Crippen molar-refractivity contribution in [2.75, 3.05) is 23.8 Å². The fraction of sp³-hybridized carbons (Fsp3) is 0.556. The molecule has 7 nitrogen and oxygen atoms in total. The highest BCUT2D eigenvalue weighted by atomic mass is 32.2. The standard InChI is InChI=1S/C18H23N5O2S2/c1-13-8-9-22(15-6-2-3-7-16(15)27-13)17(24)12-26-18-19-20-21-23(18)11-14-5-4-10-25-14/h2-3,6-7,13-14H,4-5,8-12H2,1H3/t13-,14-/m1/s1. The zero-order chi connectivity index (χ0) is 18.6. The smallest absolute Gasteiger partial charge is 0.237 e. The van der Waals surface area contributed by atoms with E-state index in [2.05, 4.69) is 28.5 Å². The van der Waals surface area contributed by atoms with Gasteiger partial charge in [-0.25, -0.2) is 4.68 Å². The molecule has 9 heteroatoms. The molecule has 0 aliphatic carbocycles. The fourth-order valence-corrected chi connectivity index (χ4v) is 5.22. The lowest BCUT2D eigenvalue weighted by molar-refractivity contribution is -0.116. The minimum absolute atomic E-state index is 0.0915. The summed E-state index contributed by atoms with van der Waals surface area (Å²) in [7, 11) is 0. The lowest BCUT2D eigenvalue weighted by atomic mass is 10.2. The molecule has 4 rings (SSSR count). The van der Waals surface area contributed by atoms with Crippen molar-refractivity contribution >= 4 is 35.1 Å². The van der Waals surface area contributed by atoms with Gasteiger partial charge in [-0.1, -0.05) is 30.8 Å². The third kappa shape index (κ3) is 4.47. The molecule has 1 aromatic heterocycles. The Bertz CT molecular complexity index is 794. The zero-order valence-electron chi connectivity index (χ0n) is 15.3. The van der Waals surface area contributed by atoms with E-state index in [-0.39, 0.29) is 12.0 Å². The molecule has 1 amide bonds. The molecule has 2 aromatic rings. The van der Waals surface area contributed by atoms with Gasteiger partial charge in [-0.2, -0.15) is 0 Å². The van der Waals surface area contributed by atoms with E-state index >= 15 is 0 Å². The molecule has 0 spiro atoms. The van der Waals surface area contributed by atoms with E-state index in [1.54, 1.807) is 4.68 Å². The first-order valence-corrected chi connectivity index (χ1v) is 11.1.